The van der Waals surface area contributed by atoms with Gasteiger partial charge in [-0.25, -0.2) is 8.42 Å². The summed E-state index contributed by atoms with van der Waals surface area (Å²) in [6.45, 7) is 3.92. The van der Waals surface area contributed by atoms with E-state index in [1.165, 1.54) is 0 Å². The highest BCUT2D eigenvalue weighted by Gasteiger charge is 2.23. The highest BCUT2D eigenvalue weighted by Crippen LogP contribution is 2.24. The fourth-order valence-corrected chi connectivity index (χ4v) is 3.16. The maximum absolute atomic E-state index is 12.1. The summed E-state index contributed by atoms with van der Waals surface area (Å²) in [6.07, 6.45) is -0.00585. The molecule has 1 N–H and O–H groups in total. The van der Waals surface area contributed by atoms with Crippen molar-refractivity contribution in [3.05, 3.63) is 34.9 Å². The van der Waals surface area contributed by atoms with Crippen LogP contribution in [0, 0.1) is 0 Å². The molecule has 19 heavy (non-hydrogen) atoms. The molecule has 0 aromatic heterocycles. The van der Waals surface area contributed by atoms with Gasteiger partial charge in [0.25, 0.3) is 0 Å². The molecule has 0 heterocycles. The molecule has 0 saturated carbocycles. The zero-order valence-electron chi connectivity index (χ0n) is 11.0. The standard InChI is InChI=1S/C13H18ClNO3S/c1-3-15-13(16)8-9-19(17,18)10(2)11-4-6-12(14)7-5-11/h4-7,10H,3,8-9H2,1-2H3,(H,15,16)/t10-/m1/s1. The van der Waals surface area contributed by atoms with Crippen molar-refractivity contribution in [3.63, 3.8) is 0 Å². The molecule has 1 aromatic rings. The molecule has 0 saturated heterocycles. The summed E-state index contributed by atoms with van der Waals surface area (Å²) < 4.78 is 24.2. The summed E-state index contributed by atoms with van der Waals surface area (Å²) in [6, 6.07) is 6.70. The van der Waals surface area contributed by atoms with Crippen molar-refractivity contribution >= 4 is 27.3 Å². The number of halogens is 1. The Labute approximate surface area is 119 Å². The van der Waals surface area contributed by atoms with E-state index in [4.69, 9.17) is 11.6 Å². The Balaban J connectivity index is 2.71. The molecule has 6 heteroatoms. The number of sulfone groups is 1. The van der Waals surface area contributed by atoms with E-state index in [2.05, 4.69) is 5.32 Å². The Bertz CT molecular complexity index is 525. The van der Waals surface area contributed by atoms with E-state index in [9.17, 15) is 13.2 Å². The van der Waals surface area contributed by atoms with Crippen molar-refractivity contribution in [3.8, 4) is 0 Å². The van der Waals surface area contributed by atoms with Crippen LogP contribution >= 0.6 is 11.6 Å². The smallest absolute Gasteiger partial charge is 0.221 e. The number of hydrogen-bond acceptors (Lipinski definition) is 3. The predicted octanol–water partition coefficient (Wildman–Crippen LogP) is 2.34. The van der Waals surface area contributed by atoms with Crippen LogP contribution in [0.1, 0.15) is 31.1 Å². The van der Waals surface area contributed by atoms with Gasteiger partial charge in [0.15, 0.2) is 9.84 Å². The third kappa shape index (κ3) is 4.84. The quantitative estimate of drug-likeness (QED) is 0.877. The van der Waals surface area contributed by atoms with Gasteiger partial charge in [0.05, 0.1) is 11.0 Å². The first-order valence-corrected chi connectivity index (χ1v) is 8.20. The number of carbonyl (C=O) groups is 1. The van der Waals surface area contributed by atoms with Crippen molar-refractivity contribution in [2.24, 2.45) is 0 Å². The van der Waals surface area contributed by atoms with Crippen LogP contribution in [-0.4, -0.2) is 26.6 Å². The average Bonchev–Trinajstić information content (AvgIpc) is 2.37. The van der Waals surface area contributed by atoms with Crippen molar-refractivity contribution in [2.45, 2.75) is 25.5 Å². The first-order chi connectivity index (χ1) is 8.86. The van der Waals surface area contributed by atoms with Crippen molar-refractivity contribution in [1.82, 2.24) is 5.32 Å². The lowest BCUT2D eigenvalue weighted by molar-refractivity contribution is -0.120. The number of benzene rings is 1. The molecule has 1 amide bonds. The van der Waals surface area contributed by atoms with Gasteiger partial charge >= 0.3 is 0 Å². The van der Waals surface area contributed by atoms with Crippen LogP contribution in [0.4, 0.5) is 0 Å². The average molecular weight is 304 g/mol. The van der Waals surface area contributed by atoms with E-state index in [0.717, 1.165) is 0 Å². The van der Waals surface area contributed by atoms with Crippen molar-refractivity contribution in [2.75, 3.05) is 12.3 Å². The summed E-state index contributed by atoms with van der Waals surface area (Å²) in [5, 5.41) is 2.51. The molecular formula is C13H18ClNO3S. The Kier molecular flexibility index (Phi) is 5.82. The number of amides is 1. The minimum absolute atomic E-state index is 0.00585. The molecular weight excluding hydrogens is 286 g/mol. The highest BCUT2D eigenvalue weighted by molar-refractivity contribution is 7.91. The van der Waals surface area contributed by atoms with Crippen LogP contribution in [0.2, 0.25) is 5.02 Å². The Morgan fingerprint density at radius 3 is 2.42 bits per heavy atom. The van der Waals surface area contributed by atoms with E-state index in [-0.39, 0.29) is 18.1 Å². The third-order valence-electron chi connectivity index (χ3n) is 2.87. The van der Waals surface area contributed by atoms with Crippen LogP contribution in [-0.2, 0) is 14.6 Å². The lowest BCUT2D eigenvalue weighted by atomic mass is 10.2. The van der Waals surface area contributed by atoms with Gasteiger partial charge in [0.1, 0.15) is 0 Å². The summed E-state index contributed by atoms with van der Waals surface area (Å²) in [5.41, 5.74) is 0.681. The van der Waals surface area contributed by atoms with Gasteiger partial charge < -0.3 is 5.32 Å². The van der Waals surface area contributed by atoms with Crippen LogP contribution in [0.15, 0.2) is 24.3 Å². The normalized spacial score (nSPS) is 13.0. The van der Waals surface area contributed by atoms with E-state index in [1.54, 1.807) is 38.1 Å². The minimum atomic E-state index is -3.34. The van der Waals surface area contributed by atoms with Gasteiger partial charge in [-0.15, -0.1) is 0 Å². The Morgan fingerprint density at radius 2 is 1.89 bits per heavy atom. The van der Waals surface area contributed by atoms with Crippen LogP contribution in [0.5, 0.6) is 0 Å². The zero-order chi connectivity index (χ0) is 14.5. The lowest BCUT2D eigenvalue weighted by Gasteiger charge is -2.13. The topological polar surface area (TPSA) is 63.2 Å². The van der Waals surface area contributed by atoms with Crippen molar-refractivity contribution < 1.29 is 13.2 Å². The van der Waals surface area contributed by atoms with Gasteiger partial charge in [-0.2, -0.15) is 0 Å². The SMILES string of the molecule is CCNC(=O)CCS(=O)(=O)[C@H](C)c1ccc(Cl)cc1. The lowest BCUT2D eigenvalue weighted by Crippen LogP contribution is -2.26. The molecule has 0 spiro atoms. The summed E-state index contributed by atoms with van der Waals surface area (Å²) >= 11 is 5.77. The van der Waals surface area contributed by atoms with Gasteiger partial charge in [-0.1, -0.05) is 23.7 Å². The van der Waals surface area contributed by atoms with Crippen LogP contribution in [0.3, 0.4) is 0 Å². The molecule has 106 valence electrons. The van der Waals surface area contributed by atoms with Crippen LogP contribution in [0.25, 0.3) is 0 Å². The maximum atomic E-state index is 12.1. The Morgan fingerprint density at radius 1 is 1.32 bits per heavy atom. The molecule has 1 atom stereocenters. The fourth-order valence-electron chi connectivity index (χ4n) is 1.64. The molecule has 0 fully saturated rings. The molecule has 0 unspecified atom stereocenters. The number of rotatable bonds is 6. The van der Waals surface area contributed by atoms with Gasteiger partial charge in [0.2, 0.25) is 5.91 Å². The van der Waals surface area contributed by atoms with Gasteiger partial charge in [-0.3, -0.25) is 4.79 Å². The molecule has 0 aliphatic heterocycles. The fraction of sp³-hybridized carbons (Fsp3) is 0.462. The monoisotopic (exact) mass is 303 g/mol. The maximum Gasteiger partial charge on any atom is 0.221 e. The Hall–Kier alpha value is -1.07. The first kappa shape index (κ1) is 16.0. The molecule has 0 aliphatic rings. The van der Waals surface area contributed by atoms with Crippen LogP contribution < -0.4 is 5.32 Å². The summed E-state index contributed by atoms with van der Waals surface area (Å²) in [4.78, 5) is 11.3. The van der Waals surface area contributed by atoms with E-state index >= 15 is 0 Å². The molecule has 0 radical (unpaired) electrons. The number of carbonyl (C=O) groups excluding carboxylic acids is 1. The largest absolute Gasteiger partial charge is 0.356 e. The van der Waals surface area contributed by atoms with E-state index in [0.29, 0.717) is 17.1 Å². The predicted molar refractivity (Wildman–Crippen MR) is 77.0 cm³/mol. The second-order valence-electron chi connectivity index (χ2n) is 4.26. The molecule has 1 rings (SSSR count). The second kappa shape index (κ2) is 6.91. The third-order valence-corrected chi connectivity index (χ3v) is 5.24. The molecule has 4 nitrogen and oxygen atoms in total. The summed E-state index contributed by atoms with van der Waals surface area (Å²) in [5.74, 6) is -0.391. The van der Waals surface area contributed by atoms with Gasteiger partial charge in [-0.05, 0) is 31.5 Å². The summed E-state index contributed by atoms with van der Waals surface area (Å²) in [7, 11) is -3.34. The van der Waals surface area contributed by atoms with E-state index in [1.807, 2.05) is 0 Å². The first-order valence-electron chi connectivity index (χ1n) is 6.10. The number of hydrogen-bond donors (Lipinski definition) is 1. The van der Waals surface area contributed by atoms with Gasteiger partial charge in [0, 0.05) is 18.0 Å². The number of nitrogens with one attached hydrogen (secondary N) is 1. The minimum Gasteiger partial charge on any atom is -0.356 e. The zero-order valence-corrected chi connectivity index (χ0v) is 12.6. The molecule has 0 aliphatic carbocycles. The highest BCUT2D eigenvalue weighted by atomic mass is 35.5. The molecule has 0 bridgehead atoms. The second-order valence-corrected chi connectivity index (χ2v) is 7.14. The molecule has 1 aromatic carbocycles. The van der Waals surface area contributed by atoms with Crippen molar-refractivity contribution in [1.29, 1.82) is 0 Å². The van der Waals surface area contributed by atoms with E-state index < -0.39 is 15.1 Å².